The lowest BCUT2D eigenvalue weighted by Crippen LogP contribution is -2.17. The van der Waals surface area contributed by atoms with Crippen molar-refractivity contribution >= 4 is 5.82 Å². The highest BCUT2D eigenvalue weighted by Crippen LogP contribution is 2.04. The third kappa shape index (κ3) is 4.02. The van der Waals surface area contributed by atoms with E-state index in [4.69, 9.17) is 5.11 Å². The van der Waals surface area contributed by atoms with Crippen molar-refractivity contribution in [3.63, 3.8) is 0 Å². The maximum absolute atomic E-state index is 11.3. The molecule has 5 nitrogen and oxygen atoms in total. The molecule has 1 heterocycles. The number of hydrogen-bond acceptors (Lipinski definition) is 4. The van der Waals surface area contributed by atoms with E-state index in [0.717, 1.165) is 6.42 Å². The Labute approximate surface area is 94.9 Å². The standard InChI is InChI=1S/C11H19N3O2/c1-3-9-13-10(6-11(16)14-9)12-7-8(2)4-5-15/h6,8,15H,3-5,7H2,1-2H3,(H2,12,13,14,16). The second-order valence-electron chi connectivity index (χ2n) is 3.93. The molecule has 3 N–H and O–H groups in total. The third-order valence-electron chi connectivity index (χ3n) is 2.38. The number of aromatic amines is 1. The molecule has 0 fully saturated rings. The van der Waals surface area contributed by atoms with E-state index in [1.165, 1.54) is 6.07 Å². The quantitative estimate of drug-likeness (QED) is 0.668. The largest absolute Gasteiger partial charge is 0.396 e. The second kappa shape index (κ2) is 6.27. The first-order valence-corrected chi connectivity index (χ1v) is 5.60. The Balaban J connectivity index is 2.59. The van der Waals surface area contributed by atoms with E-state index in [9.17, 15) is 4.79 Å². The Kier molecular flexibility index (Phi) is 4.98. The number of H-pyrrole nitrogens is 1. The molecular weight excluding hydrogens is 206 g/mol. The number of rotatable bonds is 6. The molecule has 90 valence electrons. The van der Waals surface area contributed by atoms with E-state index in [1.807, 2.05) is 13.8 Å². The summed E-state index contributed by atoms with van der Waals surface area (Å²) < 4.78 is 0. The number of aliphatic hydroxyl groups is 1. The Hall–Kier alpha value is -1.36. The van der Waals surface area contributed by atoms with Gasteiger partial charge in [0, 0.05) is 25.6 Å². The summed E-state index contributed by atoms with van der Waals surface area (Å²) in [5.41, 5.74) is -0.135. The van der Waals surface area contributed by atoms with Crippen LogP contribution in [0.1, 0.15) is 26.1 Å². The van der Waals surface area contributed by atoms with Crippen LogP contribution in [0.4, 0.5) is 5.82 Å². The van der Waals surface area contributed by atoms with Crippen molar-refractivity contribution in [3.8, 4) is 0 Å². The number of nitrogens with one attached hydrogen (secondary N) is 2. The first-order chi connectivity index (χ1) is 7.65. The lowest BCUT2D eigenvalue weighted by molar-refractivity contribution is 0.266. The molecule has 1 aromatic rings. The van der Waals surface area contributed by atoms with Crippen molar-refractivity contribution in [1.29, 1.82) is 0 Å². The van der Waals surface area contributed by atoms with Gasteiger partial charge in [-0.1, -0.05) is 13.8 Å². The van der Waals surface area contributed by atoms with E-state index < -0.39 is 0 Å². The van der Waals surface area contributed by atoms with Gasteiger partial charge in [0.25, 0.3) is 5.56 Å². The van der Waals surface area contributed by atoms with Gasteiger partial charge in [-0.05, 0) is 12.3 Å². The number of hydrogen-bond donors (Lipinski definition) is 3. The molecule has 0 saturated heterocycles. The highest BCUT2D eigenvalue weighted by Gasteiger charge is 2.03. The zero-order chi connectivity index (χ0) is 12.0. The summed E-state index contributed by atoms with van der Waals surface area (Å²) in [4.78, 5) is 18.2. The predicted octanol–water partition coefficient (Wildman–Crippen LogP) is 0.763. The summed E-state index contributed by atoms with van der Waals surface area (Å²) in [5, 5.41) is 11.9. The summed E-state index contributed by atoms with van der Waals surface area (Å²) in [7, 11) is 0. The third-order valence-corrected chi connectivity index (χ3v) is 2.38. The van der Waals surface area contributed by atoms with Crippen molar-refractivity contribution in [1.82, 2.24) is 9.97 Å². The molecular formula is C11H19N3O2. The number of nitrogens with zero attached hydrogens (tertiary/aromatic N) is 1. The van der Waals surface area contributed by atoms with Crippen LogP contribution in [-0.4, -0.2) is 28.2 Å². The SMILES string of the molecule is CCc1nc(NCC(C)CCO)cc(=O)[nH]1. The van der Waals surface area contributed by atoms with E-state index in [0.29, 0.717) is 30.5 Å². The Morgan fingerprint density at radius 3 is 3.00 bits per heavy atom. The Bertz CT molecular complexity index is 376. The maximum Gasteiger partial charge on any atom is 0.252 e. The van der Waals surface area contributed by atoms with Crippen LogP contribution in [0.2, 0.25) is 0 Å². The van der Waals surface area contributed by atoms with Crippen LogP contribution < -0.4 is 10.9 Å². The van der Waals surface area contributed by atoms with Crippen LogP contribution in [0, 0.1) is 5.92 Å². The molecule has 0 aliphatic heterocycles. The number of aliphatic hydroxyl groups excluding tert-OH is 1. The van der Waals surface area contributed by atoms with E-state index in [2.05, 4.69) is 15.3 Å². The first-order valence-electron chi connectivity index (χ1n) is 5.60. The van der Waals surface area contributed by atoms with Crippen LogP contribution in [-0.2, 0) is 6.42 Å². The molecule has 0 saturated carbocycles. The van der Waals surface area contributed by atoms with Gasteiger partial charge < -0.3 is 15.4 Å². The highest BCUT2D eigenvalue weighted by molar-refractivity contribution is 5.32. The van der Waals surface area contributed by atoms with Crippen molar-refractivity contribution in [2.24, 2.45) is 5.92 Å². The maximum atomic E-state index is 11.3. The fraction of sp³-hybridized carbons (Fsp3) is 0.636. The van der Waals surface area contributed by atoms with Gasteiger partial charge in [-0.3, -0.25) is 4.79 Å². The summed E-state index contributed by atoms with van der Waals surface area (Å²) in [6.07, 6.45) is 1.45. The molecule has 1 rings (SSSR count). The molecule has 0 bridgehead atoms. The monoisotopic (exact) mass is 225 g/mol. The predicted molar refractivity (Wildman–Crippen MR) is 63.6 cm³/mol. The van der Waals surface area contributed by atoms with Gasteiger partial charge in [0.15, 0.2) is 0 Å². The van der Waals surface area contributed by atoms with Gasteiger partial charge in [0.2, 0.25) is 0 Å². The molecule has 0 aromatic carbocycles. The molecule has 16 heavy (non-hydrogen) atoms. The van der Waals surface area contributed by atoms with Crippen LogP contribution in [0.3, 0.4) is 0 Å². The number of aryl methyl sites for hydroxylation is 1. The topological polar surface area (TPSA) is 78.0 Å². The smallest absolute Gasteiger partial charge is 0.252 e. The minimum Gasteiger partial charge on any atom is -0.396 e. The lowest BCUT2D eigenvalue weighted by atomic mass is 10.1. The fourth-order valence-corrected chi connectivity index (χ4v) is 1.37. The van der Waals surface area contributed by atoms with Crippen LogP contribution in [0.5, 0.6) is 0 Å². The molecule has 1 aromatic heterocycles. The number of anilines is 1. The van der Waals surface area contributed by atoms with E-state index in [-0.39, 0.29) is 12.2 Å². The lowest BCUT2D eigenvalue weighted by Gasteiger charge is -2.11. The second-order valence-corrected chi connectivity index (χ2v) is 3.93. The zero-order valence-corrected chi connectivity index (χ0v) is 9.79. The van der Waals surface area contributed by atoms with Crippen molar-refractivity contribution in [3.05, 3.63) is 22.2 Å². The van der Waals surface area contributed by atoms with Gasteiger partial charge >= 0.3 is 0 Å². The fourth-order valence-electron chi connectivity index (χ4n) is 1.37. The van der Waals surface area contributed by atoms with Gasteiger partial charge in [-0.15, -0.1) is 0 Å². The van der Waals surface area contributed by atoms with Crippen LogP contribution >= 0.6 is 0 Å². The summed E-state index contributed by atoms with van der Waals surface area (Å²) in [6, 6.07) is 1.45. The molecule has 0 aliphatic rings. The summed E-state index contributed by atoms with van der Waals surface area (Å²) in [6.45, 7) is 4.87. The van der Waals surface area contributed by atoms with Crippen molar-refractivity contribution in [2.75, 3.05) is 18.5 Å². The highest BCUT2D eigenvalue weighted by atomic mass is 16.3. The van der Waals surface area contributed by atoms with Gasteiger partial charge in [-0.25, -0.2) is 4.98 Å². The molecule has 1 unspecified atom stereocenters. The van der Waals surface area contributed by atoms with Gasteiger partial charge in [0.05, 0.1) is 0 Å². The molecule has 0 spiro atoms. The van der Waals surface area contributed by atoms with Gasteiger partial charge in [0.1, 0.15) is 11.6 Å². The van der Waals surface area contributed by atoms with Crippen molar-refractivity contribution < 1.29 is 5.11 Å². The van der Waals surface area contributed by atoms with E-state index >= 15 is 0 Å². The molecule has 0 amide bonds. The summed E-state index contributed by atoms with van der Waals surface area (Å²) in [5.74, 6) is 1.64. The molecule has 0 radical (unpaired) electrons. The minimum absolute atomic E-state index is 0.135. The number of aromatic nitrogens is 2. The van der Waals surface area contributed by atoms with Crippen LogP contribution in [0.25, 0.3) is 0 Å². The minimum atomic E-state index is -0.135. The van der Waals surface area contributed by atoms with E-state index in [1.54, 1.807) is 0 Å². The summed E-state index contributed by atoms with van der Waals surface area (Å²) >= 11 is 0. The molecule has 1 atom stereocenters. The first kappa shape index (κ1) is 12.7. The molecule has 5 heteroatoms. The Morgan fingerprint density at radius 2 is 2.38 bits per heavy atom. The van der Waals surface area contributed by atoms with Gasteiger partial charge in [-0.2, -0.15) is 0 Å². The molecule has 0 aliphatic carbocycles. The van der Waals surface area contributed by atoms with Crippen LogP contribution in [0.15, 0.2) is 10.9 Å². The zero-order valence-electron chi connectivity index (χ0n) is 9.79. The Morgan fingerprint density at radius 1 is 1.62 bits per heavy atom. The average Bonchev–Trinajstić information content (AvgIpc) is 2.26. The average molecular weight is 225 g/mol. The normalized spacial score (nSPS) is 12.4. The van der Waals surface area contributed by atoms with Crippen molar-refractivity contribution in [2.45, 2.75) is 26.7 Å².